The van der Waals surface area contributed by atoms with Crippen molar-refractivity contribution in [2.24, 2.45) is 0 Å². The number of carbonyl (C=O) groups is 4. The van der Waals surface area contributed by atoms with Crippen LogP contribution in [0.5, 0.6) is 0 Å². The fourth-order valence-electron chi connectivity index (χ4n) is 2.35. The number of pyridine rings is 4. The zero-order chi connectivity index (χ0) is 32.2. The Kier molecular flexibility index (Phi) is 28.8. The SMILES string of the molecule is CC(=O)c1ccncc1.CC(=O)c1ccncc1.CC(=O)c1ccncc1.CC(=O)c1ccncc1.[Co+2].[N-]=C=S.[N-]=C=S. The predicted octanol–water partition coefficient (Wildman–Crippen LogP) is 6.45. The van der Waals surface area contributed by atoms with E-state index in [2.05, 4.69) is 44.4 Å². The molecular weight excluding hydrogens is 631 g/mol. The van der Waals surface area contributed by atoms with Crippen molar-refractivity contribution in [3.8, 4) is 0 Å². The summed E-state index contributed by atoms with van der Waals surface area (Å²) < 4.78 is 0. The van der Waals surface area contributed by atoms with E-state index < -0.39 is 0 Å². The van der Waals surface area contributed by atoms with Gasteiger partial charge in [0.2, 0.25) is 0 Å². The number of nitrogens with zero attached hydrogens (tertiary/aromatic N) is 6. The van der Waals surface area contributed by atoms with Crippen LogP contribution in [0.25, 0.3) is 10.8 Å². The van der Waals surface area contributed by atoms with Gasteiger partial charge in [-0.3, -0.25) is 39.1 Å². The number of hydrogen-bond acceptors (Lipinski definition) is 10. The van der Waals surface area contributed by atoms with E-state index in [0.717, 1.165) is 0 Å². The zero-order valence-corrected chi connectivity index (χ0v) is 26.4. The second-order valence-electron chi connectivity index (χ2n) is 7.35. The van der Waals surface area contributed by atoms with Crippen LogP contribution in [0.2, 0.25) is 0 Å². The van der Waals surface area contributed by atoms with E-state index in [9.17, 15) is 19.2 Å². The third-order valence-corrected chi connectivity index (χ3v) is 4.35. The average Bonchev–Trinajstić information content (AvgIpc) is 3.01. The molecule has 0 saturated carbocycles. The number of isothiocyanates is 2. The third kappa shape index (κ3) is 24.9. The van der Waals surface area contributed by atoms with Crippen molar-refractivity contribution in [2.45, 2.75) is 27.7 Å². The van der Waals surface area contributed by atoms with Crippen LogP contribution in [0, 0.1) is 0 Å². The molecule has 1 radical (unpaired) electrons. The predicted molar refractivity (Wildman–Crippen MR) is 169 cm³/mol. The van der Waals surface area contributed by atoms with Crippen molar-refractivity contribution in [3.63, 3.8) is 0 Å². The van der Waals surface area contributed by atoms with Gasteiger partial charge in [0.25, 0.3) is 0 Å². The number of hydrogen-bond donors (Lipinski definition) is 0. The minimum Gasteiger partial charge on any atom is -0.753 e. The molecule has 13 heteroatoms. The molecular formula is C30H28CoN6O4S2. The van der Waals surface area contributed by atoms with E-state index in [1.807, 2.05) is 0 Å². The fourth-order valence-corrected chi connectivity index (χ4v) is 2.35. The Labute approximate surface area is 271 Å². The monoisotopic (exact) mass is 659 g/mol. The quantitative estimate of drug-likeness (QED) is 0.135. The summed E-state index contributed by atoms with van der Waals surface area (Å²) in [6.07, 6.45) is 12.9. The fraction of sp³-hybridized carbons (Fsp3) is 0.133. The summed E-state index contributed by atoms with van der Waals surface area (Å²) in [5, 5.41) is 16.9. The largest absolute Gasteiger partial charge is 2.00 e. The van der Waals surface area contributed by atoms with Gasteiger partial charge < -0.3 is 10.8 Å². The zero-order valence-electron chi connectivity index (χ0n) is 23.7. The summed E-state index contributed by atoms with van der Waals surface area (Å²) in [6, 6.07) is 13.6. The number of carbonyl (C=O) groups excluding carboxylic acids is 4. The molecule has 10 nitrogen and oxygen atoms in total. The second-order valence-corrected chi connectivity index (χ2v) is 7.72. The first-order chi connectivity index (χ1) is 20.0. The van der Waals surface area contributed by atoms with E-state index in [4.69, 9.17) is 10.8 Å². The van der Waals surface area contributed by atoms with E-state index in [-0.39, 0.29) is 39.9 Å². The molecule has 43 heavy (non-hydrogen) atoms. The average molecular weight is 660 g/mol. The molecule has 0 aliphatic heterocycles. The summed E-state index contributed by atoms with van der Waals surface area (Å²) in [5.41, 5.74) is 2.85. The van der Waals surface area contributed by atoms with E-state index in [0.29, 0.717) is 22.3 Å². The van der Waals surface area contributed by atoms with Gasteiger partial charge in [0.1, 0.15) is 0 Å². The van der Waals surface area contributed by atoms with Crippen LogP contribution >= 0.6 is 24.4 Å². The van der Waals surface area contributed by atoms with E-state index in [1.54, 1.807) is 98.1 Å². The molecule has 0 aliphatic rings. The van der Waals surface area contributed by atoms with Crippen LogP contribution in [0.3, 0.4) is 0 Å². The Morgan fingerprint density at radius 1 is 0.465 bits per heavy atom. The molecule has 4 heterocycles. The first-order valence-corrected chi connectivity index (χ1v) is 12.5. The molecule has 0 fully saturated rings. The Hall–Kier alpha value is -4.61. The number of ketones is 4. The van der Waals surface area contributed by atoms with Gasteiger partial charge in [0, 0.05) is 71.8 Å². The molecule has 4 aromatic heterocycles. The Morgan fingerprint density at radius 2 is 0.581 bits per heavy atom. The molecule has 0 amide bonds. The minimum absolute atomic E-state index is 0. The summed E-state index contributed by atoms with van der Waals surface area (Å²) >= 11 is 7.40. The molecule has 223 valence electrons. The molecule has 0 bridgehead atoms. The molecule has 0 N–H and O–H groups in total. The van der Waals surface area contributed by atoms with Crippen molar-refractivity contribution >= 4 is 57.9 Å². The maximum absolute atomic E-state index is 10.6. The van der Waals surface area contributed by atoms with Gasteiger partial charge in [-0.25, -0.2) is 0 Å². The Bertz CT molecular complexity index is 1210. The number of rotatable bonds is 4. The first kappa shape index (κ1) is 42.8. The molecule has 0 atom stereocenters. The normalized spacial score (nSPS) is 7.91. The van der Waals surface area contributed by atoms with E-state index in [1.165, 1.54) is 38.0 Å². The van der Waals surface area contributed by atoms with Crippen molar-refractivity contribution in [1.82, 2.24) is 19.9 Å². The van der Waals surface area contributed by atoms with Crippen molar-refractivity contribution in [2.75, 3.05) is 0 Å². The van der Waals surface area contributed by atoms with Crippen molar-refractivity contribution < 1.29 is 36.0 Å². The minimum atomic E-state index is 0. The maximum atomic E-state index is 10.6. The van der Waals surface area contributed by atoms with Crippen LogP contribution in [0.15, 0.2) is 98.1 Å². The molecule has 0 aromatic carbocycles. The molecule has 0 unspecified atom stereocenters. The van der Waals surface area contributed by atoms with Crippen LogP contribution in [0.1, 0.15) is 69.1 Å². The van der Waals surface area contributed by atoms with Crippen LogP contribution in [0.4, 0.5) is 0 Å². The van der Waals surface area contributed by atoms with Crippen molar-refractivity contribution in [3.05, 3.63) is 131 Å². The van der Waals surface area contributed by atoms with Crippen LogP contribution in [-0.4, -0.2) is 53.4 Å². The summed E-state index contributed by atoms with van der Waals surface area (Å²) in [6.45, 7) is 6.15. The standard InChI is InChI=1S/4C7H7NO.2CNS.Co/c4*1-6(9)7-2-4-8-5-3-7;2*2-1-3;/h4*2-5H,1H3;;;/q;;;;2*-1;+2. The summed E-state index contributed by atoms with van der Waals surface area (Å²) in [7, 11) is 0. The smallest absolute Gasteiger partial charge is 0.753 e. The Balaban J connectivity index is -0.000000464. The van der Waals surface area contributed by atoms with Gasteiger partial charge in [-0.05, 0) is 76.2 Å². The third-order valence-electron chi connectivity index (χ3n) is 4.35. The first-order valence-electron chi connectivity index (χ1n) is 11.7. The molecule has 4 rings (SSSR count). The van der Waals surface area contributed by atoms with Gasteiger partial charge >= 0.3 is 16.8 Å². The molecule has 0 spiro atoms. The summed E-state index contributed by atoms with van der Waals surface area (Å²) in [5.74, 6) is 0.324. The summed E-state index contributed by atoms with van der Waals surface area (Å²) in [4.78, 5) is 57.6. The van der Waals surface area contributed by atoms with Crippen LogP contribution in [-0.2, 0) is 16.8 Å². The van der Waals surface area contributed by atoms with Crippen LogP contribution < -0.4 is 0 Å². The van der Waals surface area contributed by atoms with Crippen molar-refractivity contribution in [1.29, 1.82) is 0 Å². The maximum Gasteiger partial charge on any atom is 2.00 e. The van der Waals surface area contributed by atoms with E-state index >= 15 is 0 Å². The second kappa shape index (κ2) is 28.9. The molecule has 4 aromatic rings. The number of aromatic nitrogens is 4. The van der Waals surface area contributed by atoms with Gasteiger partial charge in [-0.2, -0.15) is 10.3 Å². The number of Topliss-reactive ketones (excluding diaryl/α,β-unsaturated/α-hetero) is 4. The molecule has 0 aliphatic carbocycles. The van der Waals surface area contributed by atoms with Gasteiger partial charge in [-0.1, -0.05) is 24.4 Å². The number of thiocarbonyl (C=S) groups is 2. The van der Waals surface area contributed by atoms with Gasteiger partial charge in [0.05, 0.1) is 0 Å². The van der Waals surface area contributed by atoms with Gasteiger partial charge in [0.15, 0.2) is 23.1 Å². The Morgan fingerprint density at radius 3 is 0.651 bits per heavy atom. The topological polar surface area (TPSA) is 164 Å². The van der Waals surface area contributed by atoms with Gasteiger partial charge in [-0.15, -0.1) is 0 Å². The molecule has 0 saturated heterocycles.